The van der Waals surface area contributed by atoms with E-state index in [0.717, 1.165) is 12.1 Å². The predicted octanol–water partition coefficient (Wildman–Crippen LogP) is 3.86. The lowest BCUT2D eigenvalue weighted by atomic mass is 9.87. The number of rotatable bonds is 6. The minimum atomic E-state index is -4.37. The normalized spacial score (nSPS) is 14.8. The maximum absolute atomic E-state index is 12.5. The van der Waals surface area contributed by atoms with E-state index in [9.17, 15) is 23.1 Å². The molecule has 0 bridgehead atoms. The fraction of sp³-hybridized carbons (Fsp3) is 0.588. The van der Waals surface area contributed by atoms with Crippen molar-refractivity contribution in [1.82, 2.24) is 10.6 Å². The Balaban J connectivity index is 2.55. The number of benzene rings is 1. The zero-order chi connectivity index (χ0) is 18.5. The van der Waals surface area contributed by atoms with Crippen LogP contribution in [0.2, 0.25) is 0 Å². The first-order valence-electron chi connectivity index (χ1n) is 7.80. The number of carbonyl (C=O) groups excluding carboxylic acids is 1. The summed E-state index contributed by atoms with van der Waals surface area (Å²) < 4.78 is 37.6. The monoisotopic (exact) mass is 346 g/mol. The summed E-state index contributed by atoms with van der Waals surface area (Å²) in [5.74, 6) is 0. The van der Waals surface area contributed by atoms with Gasteiger partial charge >= 0.3 is 12.2 Å². The van der Waals surface area contributed by atoms with Gasteiger partial charge in [0.1, 0.15) is 0 Å². The summed E-state index contributed by atoms with van der Waals surface area (Å²) in [6.07, 6.45) is -4.29. The average molecular weight is 346 g/mol. The van der Waals surface area contributed by atoms with Crippen LogP contribution in [0.1, 0.15) is 51.3 Å². The van der Waals surface area contributed by atoms with Crippen LogP contribution in [0.15, 0.2) is 24.3 Å². The molecule has 0 radical (unpaired) electrons. The van der Waals surface area contributed by atoms with E-state index in [0.29, 0.717) is 18.5 Å². The Morgan fingerprint density at radius 1 is 1.17 bits per heavy atom. The molecule has 1 aromatic rings. The lowest BCUT2D eigenvalue weighted by Crippen LogP contribution is -2.42. The Bertz CT molecular complexity index is 540. The lowest BCUT2D eigenvalue weighted by Gasteiger charge is -2.27. The molecule has 0 heterocycles. The minimum absolute atomic E-state index is 0.261. The Kier molecular flexibility index (Phi) is 6.66. The van der Waals surface area contributed by atoms with E-state index in [1.54, 1.807) is 13.8 Å². The van der Waals surface area contributed by atoms with Crippen LogP contribution in [-0.2, 0) is 6.18 Å². The van der Waals surface area contributed by atoms with Crippen molar-refractivity contribution in [3.8, 4) is 0 Å². The predicted molar refractivity (Wildman–Crippen MR) is 86.5 cm³/mol. The van der Waals surface area contributed by atoms with Crippen LogP contribution in [0, 0.1) is 5.41 Å². The van der Waals surface area contributed by atoms with Gasteiger partial charge in [-0.25, -0.2) is 4.79 Å². The third-order valence-electron chi connectivity index (χ3n) is 3.66. The molecule has 136 valence electrons. The van der Waals surface area contributed by atoms with Gasteiger partial charge < -0.3 is 15.7 Å². The van der Waals surface area contributed by atoms with Crippen molar-refractivity contribution in [2.24, 2.45) is 5.41 Å². The molecule has 4 nitrogen and oxygen atoms in total. The number of aliphatic hydroxyl groups excluding tert-OH is 1. The van der Waals surface area contributed by atoms with Gasteiger partial charge in [-0.3, -0.25) is 0 Å². The van der Waals surface area contributed by atoms with Crippen LogP contribution in [-0.4, -0.2) is 23.8 Å². The number of carbonyl (C=O) groups is 1. The van der Waals surface area contributed by atoms with Crippen molar-refractivity contribution in [3.63, 3.8) is 0 Å². The molecule has 0 fully saturated rings. The largest absolute Gasteiger partial charge is 0.416 e. The van der Waals surface area contributed by atoms with Crippen LogP contribution < -0.4 is 10.6 Å². The zero-order valence-electron chi connectivity index (χ0n) is 14.4. The third-order valence-corrected chi connectivity index (χ3v) is 3.66. The molecule has 7 heteroatoms. The van der Waals surface area contributed by atoms with Gasteiger partial charge in [0.05, 0.1) is 17.7 Å². The van der Waals surface area contributed by atoms with Gasteiger partial charge in [0.15, 0.2) is 0 Å². The second kappa shape index (κ2) is 7.88. The SMILES string of the molecule is CC(O)CC(C)(C)CNC(=O)NC(C)c1ccc(C(F)(F)F)cc1. The standard InChI is InChI=1S/C17H25F3N2O2/c1-11(23)9-16(3,4)10-21-15(24)22-12(2)13-5-7-14(8-6-13)17(18,19)20/h5-8,11-12,23H,9-10H2,1-4H3,(H2,21,22,24). The highest BCUT2D eigenvalue weighted by molar-refractivity contribution is 5.74. The molecular formula is C17H25F3N2O2. The summed E-state index contributed by atoms with van der Waals surface area (Å²) >= 11 is 0. The summed E-state index contributed by atoms with van der Waals surface area (Å²) in [6, 6.07) is 3.87. The lowest BCUT2D eigenvalue weighted by molar-refractivity contribution is -0.137. The number of urea groups is 1. The van der Waals surface area contributed by atoms with Crippen molar-refractivity contribution in [3.05, 3.63) is 35.4 Å². The van der Waals surface area contributed by atoms with Gasteiger partial charge in [-0.2, -0.15) is 13.2 Å². The third kappa shape index (κ3) is 6.78. The summed E-state index contributed by atoms with van der Waals surface area (Å²) in [7, 11) is 0. The molecule has 0 spiro atoms. The van der Waals surface area contributed by atoms with E-state index >= 15 is 0 Å². The highest BCUT2D eigenvalue weighted by Crippen LogP contribution is 2.29. The van der Waals surface area contributed by atoms with Crippen molar-refractivity contribution >= 4 is 6.03 Å². The molecule has 1 aromatic carbocycles. The first-order valence-corrected chi connectivity index (χ1v) is 7.80. The van der Waals surface area contributed by atoms with Gasteiger partial charge in [-0.1, -0.05) is 26.0 Å². The van der Waals surface area contributed by atoms with Crippen molar-refractivity contribution in [2.75, 3.05) is 6.54 Å². The van der Waals surface area contributed by atoms with E-state index in [2.05, 4.69) is 10.6 Å². The second-order valence-corrected chi connectivity index (χ2v) is 6.89. The summed E-state index contributed by atoms with van der Waals surface area (Å²) in [5, 5.41) is 14.8. The Morgan fingerprint density at radius 2 is 1.71 bits per heavy atom. The summed E-state index contributed by atoms with van der Waals surface area (Å²) in [5.41, 5.74) is -0.396. The molecule has 24 heavy (non-hydrogen) atoms. The fourth-order valence-electron chi connectivity index (χ4n) is 2.48. The highest BCUT2D eigenvalue weighted by atomic mass is 19.4. The first-order chi connectivity index (χ1) is 10.9. The van der Waals surface area contributed by atoms with Gasteiger partial charge in [-0.15, -0.1) is 0 Å². The number of hydrogen-bond acceptors (Lipinski definition) is 2. The van der Waals surface area contributed by atoms with Crippen molar-refractivity contribution < 1.29 is 23.1 Å². The number of hydrogen-bond donors (Lipinski definition) is 3. The van der Waals surface area contributed by atoms with Gasteiger partial charge in [0, 0.05) is 6.54 Å². The number of aliphatic hydroxyl groups is 1. The topological polar surface area (TPSA) is 61.4 Å². The molecule has 0 aromatic heterocycles. The number of alkyl halides is 3. The minimum Gasteiger partial charge on any atom is -0.393 e. The maximum Gasteiger partial charge on any atom is 0.416 e. The van der Waals surface area contributed by atoms with Gasteiger partial charge in [-0.05, 0) is 43.4 Å². The highest BCUT2D eigenvalue weighted by Gasteiger charge is 2.30. The quantitative estimate of drug-likeness (QED) is 0.732. The van der Waals surface area contributed by atoms with Crippen LogP contribution in [0.3, 0.4) is 0 Å². The Hall–Kier alpha value is -1.76. The molecule has 0 aliphatic rings. The molecular weight excluding hydrogens is 321 g/mol. The first kappa shape index (κ1) is 20.3. The second-order valence-electron chi connectivity index (χ2n) is 6.89. The van der Waals surface area contributed by atoms with Crippen LogP contribution in [0.25, 0.3) is 0 Å². The molecule has 3 N–H and O–H groups in total. The summed E-state index contributed by atoms with van der Waals surface area (Å²) in [6.45, 7) is 7.62. The zero-order valence-corrected chi connectivity index (χ0v) is 14.4. The van der Waals surface area contributed by atoms with E-state index in [1.807, 2.05) is 13.8 Å². The molecule has 2 amide bonds. The van der Waals surface area contributed by atoms with Crippen molar-refractivity contribution in [1.29, 1.82) is 0 Å². The molecule has 0 aliphatic heterocycles. The molecule has 2 atom stereocenters. The number of nitrogens with one attached hydrogen (secondary N) is 2. The van der Waals surface area contributed by atoms with E-state index in [1.165, 1.54) is 12.1 Å². The van der Waals surface area contributed by atoms with E-state index < -0.39 is 29.9 Å². The maximum atomic E-state index is 12.5. The van der Waals surface area contributed by atoms with Crippen LogP contribution >= 0.6 is 0 Å². The van der Waals surface area contributed by atoms with Crippen LogP contribution in [0.5, 0.6) is 0 Å². The Morgan fingerprint density at radius 3 is 2.17 bits per heavy atom. The van der Waals surface area contributed by atoms with Gasteiger partial charge in [0.25, 0.3) is 0 Å². The Labute approximate surface area is 140 Å². The molecule has 0 saturated carbocycles. The number of amides is 2. The molecule has 0 saturated heterocycles. The molecule has 2 unspecified atom stereocenters. The van der Waals surface area contributed by atoms with E-state index in [-0.39, 0.29) is 5.41 Å². The van der Waals surface area contributed by atoms with Gasteiger partial charge in [0.2, 0.25) is 0 Å². The fourth-order valence-corrected chi connectivity index (χ4v) is 2.48. The number of halogens is 3. The van der Waals surface area contributed by atoms with Crippen LogP contribution in [0.4, 0.5) is 18.0 Å². The molecule has 1 rings (SSSR count). The van der Waals surface area contributed by atoms with Crippen molar-refractivity contribution in [2.45, 2.75) is 52.4 Å². The average Bonchev–Trinajstić information content (AvgIpc) is 2.43. The smallest absolute Gasteiger partial charge is 0.393 e. The summed E-state index contributed by atoms with van der Waals surface area (Å²) in [4.78, 5) is 11.9. The van der Waals surface area contributed by atoms with E-state index in [4.69, 9.17) is 0 Å². The molecule has 0 aliphatic carbocycles.